The summed E-state index contributed by atoms with van der Waals surface area (Å²) in [5, 5.41) is 13.9. The zero-order valence-electron chi connectivity index (χ0n) is 16.6. The van der Waals surface area contributed by atoms with Gasteiger partial charge in [0.15, 0.2) is 17.4 Å². The molecular formula is C20H19ClFN5O4S. The predicted octanol–water partition coefficient (Wildman–Crippen LogP) is 3.08. The van der Waals surface area contributed by atoms with Crippen LogP contribution in [0.5, 0.6) is 0 Å². The van der Waals surface area contributed by atoms with Gasteiger partial charge in [0.2, 0.25) is 11.2 Å². The number of Topliss-reactive ketones (excluding diaryl/α,β-unsaturated/α-hetero) is 1. The number of halogens is 2. The third kappa shape index (κ3) is 4.40. The first-order valence-electron chi connectivity index (χ1n) is 9.87. The number of nitrogens with zero attached hydrogens (tertiary/aromatic N) is 3. The number of primary amides is 1. The Labute approximate surface area is 191 Å². The van der Waals surface area contributed by atoms with Crippen LogP contribution in [-0.4, -0.2) is 43.6 Å². The van der Waals surface area contributed by atoms with E-state index in [1.54, 1.807) is 6.07 Å². The number of carbonyl (C=O) groups is 2. The van der Waals surface area contributed by atoms with Gasteiger partial charge >= 0.3 is 0 Å². The molecular weight excluding hydrogens is 461 g/mol. The molecule has 168 valence electrons. The van der Waals surface area contributed by atoms with Crippen LogP contribution in [-0.2, 0) is 4.79 Å². The lowest BCUT2D eigenvalue weighted by molar-refractivity contribution is -0.384. The third-order valence-corrected chi connectivity index (χ3v) is 7.68. The molecule has 3 N–H and O–H groups in total. The van der Waals surface area contributed by atoms with Crippen molar-refractivity contribution in [2.75, 3.05) is 11.1 Å². The van der Waals surface area contributed by atoms with Crippen LogP contribution < -0.4 is 11.1 Å². The standard InChI is InChI=1S/C20H19ClFN5O4S/c21-20-24-7-13(22)19(26-20)25-17-12-5-10(16(17)18(23)29)6-15(12)32-8-14(28)9-2-1-3-11(4-9)27(30)31/h1-4,7,10,12,15-17H,5-6,8H2,(H2,23,29)(H,24,25,26)/t10-,12+,15+,16-,17+/m0/s1. The number of anilines is 1. The molecule has 2 aliphatic rings. The smallest absolute Gasteiger partial charge is 0.270 e. The highest BCUT2D eigenvalue weighted by Crippen LogP contribution is 2.53. The molecule has 2 aromatic rings. The number of aromatic nitrogens is 2. The zero-order chi connectivity index (χ0) is 23.0. The Balaban J connectivity index is 1.47. The van der Waals surface area contributed by atoms with Crippen molar-refractivity contribution in [2.45, 2.75) is 24.1 Å². The number of carbonyl (C=O) groups excluding carboxylic acids is 2. The Morgan fingerprint density at radius 1 is 1.38 bits per heavy atom. The fourth-order valence-corrected chi connectivity index (χ4v) is 6.34. The summed E-state index contributed by atoms with van der Waals surface area (Å²) in [6, 6.07) is 5.17. The van der Waals surface area contributed by atoms with Crippen LogP contribution in [0.3, 0.4) is 0 Å². The molecule has 4 rings (SSSR count). The fourth-order valence-electron chi connectivity index (χ4n) is 4.76. The number of hydrogen-bond donors (Lipinski definition) is 2. The van der Waals surface area contributed by atoms with E-state index in [4.69, 9.17) is 17.3 Å². The minimum atomic E-state index is -0.689. The Hall–Kier alpha value is -2.79. The monoisotopic (exact) mass is 479 g/mol. The van der Waals surface area contributed by atoms with Gasteiger partial charge in [-0.2, -0.15) is 4.98 Å². The Bertz CT molecular complexity index is 1090. The molecule has 2 fully saturated rings. The van der Waals surface area contributed by atoms with E-state index in [0.717, 1.165) is 6.20 Å². The van der Waals surface area contributed by atoms with Crippen LogP contribution in [0.4, 0.5) is 15.9 Å². The lowest BCUT2D eigenvalue weighted by Gasteiger charge is -2.34. The van der Waals surface area contributed by atoms with Gasteiger partial charge in [-0.25, -0.2) is 9.37 Å². The van der Waals surface area contributed by atoms with E-state index >= 15 is 0 Å². The van der Waals surface area contributed by atoms with Crippen LogP contribution in [0.25, 0.3) is 0 Å². The number of hydrogen-bond acceptors (Lipinski definition) is 8. The lowest BCUT2D eigenvalue weighted by Crippen LogP contribution is -2.46. The molecule has 1 amide bonds. The van der Waals surface area contributed by atoms with Gasteiger partial charge in [-0.05, 0) is 36.3 Å². The van der Waals surface area contributed by atoms with Crippen molar-refractivity contribution in [2.24, 2.45) is 23.5 Å². The van der Waals surface area contributed by atoms with E-state index in [1.807, 2.05) is 0 Å². The second-order valence-electron chi connectivity index (χ2n) is 7.91. The maximum Gasteiger partial charge on any atom is 0.270 e. The van der Waals surface area contributed by atoms with E-state index in [0.29, 0.717) is 12.8 Å². The molecule has 1 aromatic carbocycles. The molecule has 0 unspecified atom stereocenters. The Morgan fingerprint density at radius 2 is 2.16 bits per heavy atom. The minimum absolute atomic E-state index is 0.0146. The first-order valence-corrected chi connectivity index (χ1v) is 11.3. The van der Waals surface area contributed by atoms with Crippen LogP contribution in [0, 0.1) is 33.7 Å². The van der Waals surface area contributed by atoms with Crippen LogP contribution in [0.15, 0.2) is 30.5 Å². The van der Waals surface area contributed by atoms with Crippen LogP contribution >= 0.6 is 23.4 Å². The highest BCUT2D eigenvalue weighted by molar-refractivity contribution is 8.00. The topological polar surface area (TPSA) is 141 Å². The van der Waals surface area contributed by atoms with Crippen LogP contribution in [0.2, 0.25) is 5.28 Å². The molecule has 2 bridgehead atoms. The molecule has 0 radical (unpaired) electrons. The normalized spacial score (nSPS) is 26.1. The summed E-state index contributed by atoms with van der Waals surface area (Å²) in [6.45, 7) is 0. The molecule has 0 saturated heterocycles. The van der Waals surface area contributed by atoms with Crippen molar-refractivity contribution in [1.29, 1.82) is 0 Å². The van der Waals surface area contributed by atoms with E-state index in [9.17, 15) is 24.1 Å². The van der Waals surface area contributed by atoms with Gasteiger partial charge in [0.05, 0.1) is 22.8 Å². The number of nitro benzene ring substituents is 1. The minimum Gasteiger partial charge on any atom is -0.369 e. The zero-order valence-corrected chi connectivity index (χ0v) is 18.2. The summed E-state index contributed by atoms with van der Waals surface area (Å²) in [4.78, 5) is 42.6. The molecule has 0 aliphatic heterocycles. The van der Waals surface area contributed by atoms with Gasteiger partial charge in [-0.3, -0.25) is 19.7 Å². The number of nitrogens with two attached hydrogens (primary N) is 1. The van der Waals surface area contributed by atoms with Crippen molar-refractivity contribution in [3.8, 4) is 0 Å². The van der Waals surface area contributed by atoms with Crippen molar-refractivity contribution in [1.82, 2.24) is 9.97 Å². The number of non-ortho nitro benzene ring substituents is 1. The first kappa shape index (κ1) is 22.4. The van der Waals surface area contributed by atoms with Crippen LogP contribution in [0.1, 0.15) is 23.2 Å². The highest BCUT2D eigenvalue weighted by Gasteiger charge is 2.55. The number of fused-ring (bicyclic) bond motifs is 2. The summed E-state index contributed by atoms with van der Waals surface area (Å²) in [7, 11) is 0. The number of amides is 1. The Morgan fingerprint density at radius 3 is 2.88 bits per heavy atom. The van der Waals surface area contributed by atoms with Crippen molar-refractivity contribution in [3.05, 3.63) is 57.2 Å². The number of nitro groups is 1. The summed E-state index contributed by atoms with van der Waals surface area (Å²) in [6.07, 6.45) is 2.37. The highest BCUT2D eigenvalue weighted by atomic mass is 35.5. The number of rotatable bonds is 8. The first-order chi connectivity index (χ1) is 15.2. The van der Waals surface area contributed by atoms with E-state index < -0.39 is 28.6 Å². The second-order valence-corrected chi connectivity index (χ2v) is 9.47. The van der Waals surface area contributed by atoms with Crippen molar-refractivity contribution in [3.63, 3.8) is 0 Å². The molecule has 2 saturated carbocycles. The molecule has 9 nitrogen and oxygen atoms in total. The fraction of sp³-hybridized carbons (Fsp3) is 0.400. The number of nitrogens with one attached hydrogen (secondary N) is 1. The average molecular weight is 480 g/mol. The van der Waals surface area contributed by atoms with E-state index in [-0.39, 0.29) is 51.0 Å². The van der Waals surface area contributed by atoms with Crippen molar-refractivity contribution >= 4 is 46.6 Å². The SMILES string of the molecule is NC(=O)[C@H]1[C@H]2C[C@@H]([C@H]1Nc1nc(Cl)ncc1F)[C@H](SCC(=O)c1cccc([N+](=O)[O-])c1)C2. The van der Waals surface area contributed by atoms with Gasteiger partial charge in [0.1, 0.15) is 0 Å². The molecule has 0 spiro atoms. The molecule has 12 heteroatoms. The summed E-state index contributed by atoms with van der Waals surface area (Å²) in [5.74, 6) is -1.84. The third-order valence-electron chi connectivity index (χ3n) is 6.10. The number of ketones is 1. The summed E-state index contributed by atoms with van der Waals surface area (Å²) in [5.41, 5.74) is 5.77. The molecule has 5 atom stereocenters. The maximum absolute atomic E-state index is 14.2. The summed E-state index contributed by atoms with van der Waals surface area (Å²) < 4.78 is 14.2. The Kier molecular flexibility index (Phi) is 6.29. The molecule has 2 aliphatic carbocycles. The van der Waals surface area contributed by atoms with Gasteiger partial charge in [0.25, 0.3) is 5.69 Å². The van der Waals surface area contributed by atoms with E-state index in [1.165, 1.54) is 30.0 Å². The van der Waals surface area contributed by atoms with E-state index in [2.05, 4.69) is 15.3 Å². The molecule has 32 heavy (non-hydrogen) atoms. The summed E-state index contributed by atoms with van der Waals surface area (Å²) >= 11 is 7.21. The predicted molar refractivity (Wildman–Crippen MR) is 117 cm³/mol. The van der Waals surface area contributed by atoms with Crippen molar-refractivity contribution < 1.29 is 18.9 Å². The number of benzene rings is 1. The molecule has 1 heterocycles. The number of thioether (sulfide) groups is 1. The second kappa shape index (κ2) is 8.99. The quantitative estimate of drug-likeness (QED) is 0.254. The lowest BCUT2D eigenvalue weighted by atomic mass is 9.83. The van der Waals surface area contributed by atoms with Gasteiger partial charge < -0.3 is 11.1 Å². The maximum atomic E-state index is 14.2. The average Bonchev–Trinajstić information content (AvgIpc) is 3.33. The molecule has 1 aromatic heterocycles. The van der Waals surface area contributed by atoms with Gasteiger partial charge in [-0.1, -0.05) is 12.1 Å². The van der Waals surface area contributed by atoms with Gasteiger partial charge in [-0.15, -0.1) is 11.8 Å². The van der Waals surface area contributed by atoms with Gasteiger partial charge in [0, 0.05) is 29.0 Å². The largest absolute Gasteiger partial charge is 0.369 e.